The van der Waals surface area contributed by atoms with Crippen LogP contribution in [-0.4, -0.2) is 46.9 Å². The SMILES string of the molecule is C=CS(=O)(=O)N(CCn1nc(-c2ccc(OC)c(O)c2)c2c(N)ncnc21)c1ccccc1. The van der Waals surface area contributed by atoms with Crippen molar-refractivity contribution in [3.05, 3.63) is 66.8 Å². The van der Waals surface area contributed by atoms with E-state index in [1.807, 2.05) is 0 Å². The molecule has 0 unspecified atom stereocenters. The number of nitrogen functional groups attached to an aromatic ring is 1. The largest absolute Gasteiger partial charge is 0.504 e. The maximum absolute atomic E-state index is 12.7. The number of phenols is 1. The van der Waals surface area contributed by atoms with Gasteiger partial charge in [0.05, 0.1) is 31.3 Å². The minimum atomic E-state index is -3.75. The van der Waals surface area contributed by atoms with Gasteiger partial charge in [-0.15, -0.1) is 0 Å². The molecule has 0 bridgehead atoms. The molecule has 0 radical (unpaired) electrons. The number of fused-ring (bicyclic) bond motifs is 1. The van der Waals surface area contributed by atoms with Gasteiger partial charge in [0.2, 0.25) is 0 Å². The molecule has 0 aliphatic rings. The normalized spacial score (nSPS) is 11.4. The van der Waals surface area contributed by atoms with Gasteiger partial charge in [0.15, 0.2) is 17.1 Å². The van der Waals surface area contributed by atoms with Crippen LogP contribution in [0.5, 0.6) is 11.5 Å². The molecule has 10 nitrogen and oxygen atoms in total. The van der Waals surface area contributed by atoms with E-state index >= 15 is 0 Å². The van der Waals surface area contributed by atoms with Gasteiger partial charge in [0.1, 0.15) is 17.8 Å². The smallest absolute Gasteiger partial charge is 0.256 e. The summed E-state index contributed by atoms with van der Waals surface area (Å²) >= 11 is 0. The van der Waals surface area contributed by atoms with Crippen LogP contribution >= 0.6 is 0 Å². The van der Waals surface area contributed by atoms with E-state index in [4.69, 9.17) is 10.5 Å². The highest BCUT2D eigenvalue weighted by Crippen LogP contribution is 2.35. The number of aromatic hydroxyl groups is 1. The number of phenolic OH excluding ortho intramolecular Hbond substituents is 1. The summed E-state index contributed by atoms with van der Waals surface area (Å²) < 4.78 is 33.2. The second-order valence-corrected chi connectivity index (χ2v) is 8.84. The van der Waals surface area contributed by atoms with Crippen molar-refractivity contribution < 1.29 is 18.3 Å². The number of ether oxygens (including phenoxy) is 1. The number of sulfonamides is 1. The van der Waals surface area contributed by atoms with Crippen LogP contribution in [0.4, 0.5) is 11.5 Å². The molecule has 0 atom stereocenters. The van der Waals surface area contributed by atoms with Crippen molar-refractivity contribution in [2.45, 2.75) is 6.54 Å². The molecule has 0 aliphatic carbocycles. The van der Waals surface area contributed by atoms with Crippen LogP contribution in [-0.2, 0) is 16.6 Å². The van der Waals surface area contributed by atoms with Gasteiger partial charge in [-0.2, -0.15) is 5.10 Å². The Kier molecular flexibility index (Phi) is 5.88. The molecule has 3 N–H and O–H groups in total. The standard InChI is InChI=1S/C22H22N6O4S/c1-3-33(30,31)28(16-7-5-4-6-8-16)12-11-27-22-19(21(23)24-14-25-22)20(26-27)15-9-10-18(32-2)17(29)13-15/h3-10,13-14,29H,1,11-12H2,2H3,(H2,23,24,25). The minimum absolute atomic E-state index is 0.0551. The molecular weight excluding hydrogens is 444 g/mol. The van der Waals surface area contributed by atoms with Crippen LogP contribution in [0.2, 0.25) is 0 Å². The zero-order valence-electron chi connectivity index (χ0n) is 17.8. The van der Waals surface area contributed by atoms with E-state index in [1.54, 1.807) is 47.1 Å². The van der Waals surface area contributed by atoms with Crippen molar-refractivity contribution in [1.82, 2.24) is 19.7 Å². The van der Waals surface area contributed by atoms with Crippen molar-refractivity contribution in [2.24, 2.45) is 0 Å². The second-order valence-electron chi connectivity index (χ2n) is 7.04. The monoisotopic (exact) mass is 466 g/mol. The lowest BCUT2D eigenvalue weighted by atomic mass is 10.1. The average Bonchev–Trinajstić information content (AvgIpc) is 3.20. The van der Waals surface area contributed by atoms with Gasteiger partial charge in [-0.1, -0.05) is 24.8 Å². The summed E-state index contributed by atoms with van der Waals surface area (Å²) in [6.07, 6.45) is 1.32. The Morgan fingerprint density at radius 3 is 2.64 bits per heavy atom. The third kappa shape index (κ3) is 4.17. The number of hydrogen-bond acceptors (Lipinski definition) is 8. The van der Waals surface area contributed by atoms with Crippen LogP contribution in [0, 0.1) is 0 Å². The van der Waals surface area contributed by atoms with Crippen LogP contribution in [0.1, 0.15) is 0 Å². The topological polar surface area (TPSA) is 136 Å². The molecule has 0 aliphatic heterocycles. The molecule has 2 heterocycles. The fourth-order valence-corrected chi connectivity index (χ4v) is 4.43. The number of nitrogens with zero attached hydrogens (tertiary/aromatic N) is 5. The van der Waals surface area contributed by atoms with Crippen molar-refractivity contribution in [3.63, 3.8) is 0 Å². The zero-order valence-corrected chi connectivity index (χ0v) is 18.6. The van der Waals surface area contributed by atoms with Gasteiger partial charge < -0.3 is 15.6 Å². The number of benzene rings is 2. The molecule has 2 aromatic carbocycles. The van der Waals surface area contributed by atoms with Crippen molar-refractivity contribution in [3.8, 4) is 22.8 Å². The molecular formula is C22H22N6O4S. The van der Waals surface area contributed by atoms with E-state index in [1.165, 1.54) is 23.8 Å². The molecule has 11 heteroatoms. The van der Waals surface area contributed by atoms with E-state index in [0.29, 0.717) is 33.7 Å². The Labute approximate surface area is 190 Å². The highest BCUT2D eigenvalue weighted by atomic mass is 32.2. The molecule has 33 heavy (non-hydrogen) atoms. The fraction of sp³-hybridized carbons (Fsp3) is 0.136. The van der Waals surface area contributed by atoms with Crippen LogP contribution < -0.4 is 14.8 Å². The quantitative estimate of drug-likeness (QED) is 0.404. The summed E-state index contributed by atoms with van der Waals surface area (Å²) in [6.45, 7) is 3.69. The summed E-state index contributed by atoms with van der Waals surface area (Å²) in [5.74, 6) is 0.482. The van der Waals surface area contributed by atoms with Gasteiger partial charge in [-0.3, -0.25) is 4.31 Å². The molecule has 0 spiro atoms. The predicted octanol–water partition coefficient (Wildman–Crippen LogP) is 2.77. The lowest BCUT2D eigenvalue weighted by molar-refractivity contribution is 0.373. The Hall–Kier alpha value is -4.12. The molecule has 0 saturated carbocycles. The molecule has 0 fully saturated rings. The summed E-state index contributed by atoms with van der Waals surface area (Å²) in [5.41, 5.74) is 8.11. The third-order valence-electron chi connectivity index (χ3n) is 5.09. The first-order valence-electron chi connectivity index (χ1n) is 9.90. The Balaban J connectivity index is 1.77. The van der Waals surface area contributed by atoms with Crippen molar-refractivity contribution in [2.75, 3.05) is 23.7 Å². The number of anilines is 2. The number of para-hydroxylation sites is 1. The van der Waals surface area contributed by atoms with Crippen LogP contribution in [0.15, 0.2) is 66.8 Å². The summed E-state index contributed by atoms with van der Waals surface area (Å²) in [7, 11) is -2.29. The molecule has 4 aromatic rings. The highest BCUT2D eigenvalue weighted by Gasteiger charge is 2.22. The van der Waals surface area contributed by atoms with Gasteiger partial charge in [-0.05, 0) is 30.3 Å². The van der Waals surface area contributed by atoms with Crippen molar-refractivity contribution in [1.29, 1.82) is 0 Å². The highest BCUT2D eigenvalue weighted by molar-refractivity contribution is 7.95. The number of hydrogen-bond donors (Lipinski definition) is 2. The molecule has 0 saturated heterocycles. The minimum Gasteiger partial charge on any atom is -0.504 e. The first kappa shape index (κ1) is 22.1. The van der Waals surface area contributed by atoms with Crippen LogP contribution in [0.25, 0.3) is 22.3 Å². The van der Waals surface area contributed by atoms with Gasteiger partial charge in [-0.25, -0.2) is 23.1 Å². The molecule has 0 amide bonds. The lowest BCUT2D eigenvalue weighted by Crippen LogP contribution is -2.32. The van der Waals surface area contributed by atoms with Gasteiger partial charge >= 0.3 is 0 Å². The zero-order chi connectivity index (χ0) is 23.6. The molecule has 2 aromatic heterocycles. The Bertz CT molecular complexity index is 1420. The van der Waals surface area contributed by atoms with Gasteiger partial charge in [0, 0.05) is 11.0 Å². The van der Waals surface area contributed by atoms with Crippen molar-refractivity contribution >= 4 is 32.6 Å². The summed E-state index contributed by atoms with van der Waals surface area (Å²) in [4.78, 5) is 8.38. The average molecular weight is 467 g/mol. The number of nitrogens with two attached hydrogens (primary N) is 1. The van der Waals surface area contributed by atoms with E-state index in [-0.39, 0.29) is 24.7 Å². The number of methoxy groups -OCH3 is 1. The fourth-order valence-electron chi connectivity index (χ4n) is 3.50. The summed E-state index contributed by atoms with van der Waals surface area (Å²) in [6, 6.07) is 13.6. The molecule has 4 rings (SSSR count). The second kappa shape index (κ2) is 8.79. The van der Waals surface area contributed by atoms with Crippen LogP contribution in [0.3, 0.4) is 0 Å². The number of aromatic nitrogens is 4. The van der Waals surface area contributed by atoms with Gasteiger partial charge in [0.25, 0.3) is 10.0 Å². The molecule has 170 valence electrons. The lowest BCUT2D eigenvalue weighted by Gasteiger charge is -2.22. The first-order valence-corrected chi connectivity index (χ1v) is 11.4. The Morgan fingerprint density at radius 1 is 1.21 bits per heavy atom. The summed E-state index contributed by atoms with van der Waals surface area (Å²) in [5, 5.41) is 16.2. The number of rotatable bonds is 8. The van der Waals surface area contributed by atoms with E-state index < -0.39 is 10.0 Å². The maximum Gasteiger partial charge on any atom is 0.256 e. The third-order valence-corrected chi connectivity index (χ3v) is 6.52. The predicted molar refractivity (Wildman–Crippen MR) is 126 cm³/mol. The van der Waals surface area contributed by atoms with E-state index in [9.17, 15) is 13.5 Å². The van der Waals surface area contributed by atoms with E-state index in [0.717, 1.165) is 5.41 Å². The Morgan fingerprint density at radius 2 is 1.97 bits per heavy atom. The first-order chi connectivity index (χ1) is 15.9. The van der Waals surface area contributed by atoms with E-state index in [2.05, 4.69) is 21.6 Å². The maximum atomic E-state index is 12.7.